The monoisotopic (exact) mass is 345 g/mol. The Kier molecular flexibility index (Phi) is 3.56. The van der Waals surface area contributed by atoms with Crippen molar-refractivity contribution in [3.05, 3.63) is 22.6 Å². The van der Waals surface area contributed by atoms with E-state index in [1.54, 1.807) is 11.8 Å². The van der Waals surface area contributed by atoms with E-state index < -0.39 is 11.4 Å². The molecule has 2 saturated heterocycles. The second-order valence-corrected chi connectivity index (χ2v) is 7.59. The summed E-state index contributed by atoms with van der Waals surface area (Å²) in [6.07, 6.45) is 4.42. The number of hydrogen-bond acceptors (Lipinski definition) is 4. The van der Waals surface area contributed by atoms with Gasteiger partial charge in [0.1, 0.15) is 11.5 Å². The molecule has 6 heteroatoms. The number of aliphatic carboxylic acids is 1. The summed E-state index contributed by atoms with van der Waals surface area (Å²) in [6.45, 7) is 3.60. The minimum absolute atomic E-state index is 0.0343. The molecule has 1 aliphatic carbocycles. The van der Waals surface area contributed by atoms with E-state index in [1.165, 1.54) is 0 Å². The number of carboxylic acids is 1. The molecule has 3 aliphatic rings. The standard InChI is InChI=1S/C19H23NO5/c1-3-19(18(23)24)9-11-7-8-14(19)20(11)17(22)15-10(2)25-13-6-4-5-12(21)16(13)15/h11,14H,3-9H2,1-2H3,(H,23,24)/t11-,14+,19+/m0/s1. The first-order chi connectivity index (χ1) is 11.9. The van der Waals surface area contributed by atoms with Gasteiger partial charge in [-0.2, -0.15) is 0 Å². The second kappa shape index (κ2) is 5.44. The van der Waals surface area contributed by atoms with Gasteiger partial charge in [-0.25, -0.2) is 0 Å². The Labute approximate surface area is 146 Å². The molecule has 134 valence electrons. The van der Waals surface area contributed by atoms with E-state index >= 15 is 0 Å². The van der Waals surface area contributed by atoms with Crippen molar-refractivity contribution in [1.29, 1.82) is 0 Å². The van der Waals surface area contributed by atoms with Crippen LogP contribution in [0, 0.1) is 12.3 Å². The Hall–Kier alpha value is -2.11. The molecule has 0 saturated carbocycles. The molecule has 3 atom stereocenters. The van der Waals surface area contributed by atoms with E-state index in [0.29, 0.717) is 54.8 Å². The van der Waals surface area contributed by atoms with Gasteiger partial charge in [-0.3, -0.25) is 14.4 Å². The van der Waals surface area contributed by atoms with E-state index in [-0.39, 0.29) is 23.8 Å². The van der Waals surface area contributed by atoms with Gasteiger partial charge in [0, 0.05) is 24.9 Å². The van der Waals surface area contributed by atoms with Gasteiger partial charge >= 0.3 is 5.97 Å². The number of hydrogen-bond donors (Lipinski definition) is 1. The third-order valence-corrected chi connectivity index (χ3v) is 6.49. The quantitative estimate of drug-likeness (QED) is 0.910. The number of carbonyl (C=O) groups is 3. The number of carboxylic acid groups (broad SMARTS) is 1. The number of rotatable bonds is 3. The molecule has 0 aromatic carbocycles. The minimum Gasteiger partial charge on any atom is -0.481 e. The van der Waals surface area contributed by atoms with Crippen LogP contribution in [0.4, 0.5) is 0 Å². The lowest BCUT2D eigenvalue weighted by molar-refractivity contribution is -0.151. The van der Waals surface area contributed by atoms with Crippen LogP contribution >= 0.6 is 0 Å². The number of ketones is 1. The summed E-state index contributed by atoms with van der Waals surface area (Å²) in [4.78, 5) is 39.4. The summed E-state index contributed by atoms with van der Waals surface area (Å²) in [5.41, 5.74) is -0.0494. The molecule has 2 aliphatic heterocycles. The van der Waals surface area contributed by atoms with Crippen LogP contribution in [0.25, 0.3) is 0 Å². The summed E-state index contributed by atoms with van der Waals surface area (Å²) in [7, 11) is 0. The van der Waals surface area contributed by atoms with Crippen molar-refractivity contribution in [1.82, 2.24) is 4.90 Å². The number of furan rings is 1. The van der Waals surface area contributed by atoms with E-state index in [4.69, 9.17) is 4.42 Å². The van der Waals surface area contributed by atoms with Gasteiger partial charge in [0.05, 0.1) is 16.5 Å². The van der Waals surface area contributed by atoms with E-state index in [2.05, 4.69) is 0 Å². The molecule has 6 nitrogen and oxygen atoms in total. The van der Waals surface area contributed by atoms with Crippen LogP contribution < -0.4 is 0 Å². The fourth-order valence-electron chi connectivity index (χ4n) is 5.25. The van der Waals surface area contributed by atoms with Gasteiger partial charge in [-0.1, -0.05) is 6.92 Å². The summed E-state index contributed by atoms with van der Waals surface area (Å²) in [5, 5.41) is 9.79. The highest BCUT2D eigenvalue weighted by atomic mass is 16.4. The Balaban J connectivity index is 1.75. The maximum atomic E-state index is 13.4. The molecule has 1 aromatic rings. The first kappa shape index (κ1) is 16.4. The van der Waals surface area contributed by atoms with Gasteiger partial charge in [0.15, 0.2) is 5.78 Å². The van der Waals surface area contributed by atoms with Crippen molar-refractivity contribution in [2.45, 2.75) is 70.9 Å². The lowest BCUT2D eigenvalue weighted by Crippen LogP contribution is -2.45. The molecule has 25 heavy (non-hydrogen) atoms. The number of Topliss-reactive ketones (excluding diaryl/α,β-unsaturated/α-hetero) is 1. The lowest BCUT2D eigenvalue weighted by atomic mass is 9.72. The Bertz CT molecular complexity index is 779. The molecule has 0 radical (unpaired) electrons. The Morgan fingerprint density at radius 2 is 2.08 bits per heavy atom. The molecular weight excluding hydrogens is 322 g/mol. The summed E-state index contributed by atoms with van der Waals surface area (Å²) < 4.78 is 5.72. The fraction of sp³-hybridized carbons (Fsp3) is 0.632. The molecule has 4 rings (SSSR count). The van der Waals surface area contributed by atoms with Gasteiger partial charge in [0.2, 0.25) is 0 Å². The van der Waals surface area contributed by atoms with Crippen LogP contribution in [0.1, 0.15) is 77.7 Å². The van der Waals surface area contributed by atoms with Gasteiger partial charge in [-0.15, -0.1) is 0 Å². The molecule has 1 amide bonds. The van der Waals surface area contributed by atoms with Crippen molar-refractivity contribution in [3.63, 3.8) is 0 Å². The third-order valence-electron chi connectivity index (χ3n) is 6.49. The smallest absolute Gasteiger partial charge is 0.311 e. The minimum atomic E-state index is -0.861. The first-order valence-electron chi connectivity index (χ1n) is 9.12. The van der Waals surface area contributed by atoms with Crippen molar-refractivity contribution in [2.24, 2.45) is 5.41 Å². The number of fused-ring (bicyclic) bond motifs is 3. The van der Waals surface area contributed by atoms with Crippen LogP contribution in [-0.2, 0) is 11.2 Å². The van der Waals surface area contributed by atoms with Crippen molar-refractivity contribution in [2.75, 3.05) is 0 Å². The highest BCUT2D eigenvalue weighted by Crippen LogP contribution is 2.52. The molecule has 1 aromatic heterocycles. The zero-order valence-corrected chi connectivity index (χ0v) is 14.6. The Morgan fingerprint density at radius 3 is 2.72 bits per heavy atom. The van der Waals surface area contributed by atoms with Crippen LogP contribution in [-0.4, -0.2) is 39.7 Å². The van der Waals surface area contributed by atoms with E-state index in [9.17, 15) is 19.5 Å². The summed E-state index contributed by atoms with van der Waals surface area (Å²) >= 11 is 0. The average molecular weight is 345 g/mol. The van der Waals surface area contributed by atoms with Crippen LogP contribution in [0.3, 0.4) is 0 Å². The highest BCUT2D eigenvalue weighted by Gasteiger charge is 2.61. The molecule has 0 spiro atoms. The predicted molar refractivity (Wildman–Crippen MR) is 88.7 cm³/mol. The van der Waals surface area contributed by atoms with Gasteiger partial charge in [-0.05, 0) is 39.0 Å². The van der Waals surface area contributed by atoms with Crippen LogP contribution in [0.5, 0.6) is 0 Å². The zero-order chi connectivity index (χ0) is 17.9. The predicted octanol–water partition coefficient (Wildman–Crippen LogP) is 2.96. The molecule has 3 heterocycles. The fourth-order valence-corrected chi connectivity index (χ4v) is 5.25. The largest absolute Gasteiger partial charge is 0.481 e. The molecule has 0 unspecified atom stereocenters. The van der Waals surface area contributed by atoms with Crippen molar-refractivity contribution in [3.8, 4) is 0 Å². The molecule has 1 N–H and O–H groups in total. The van der Waals surface area contributed by atoms with Gasteiger partial charge < -0.3 is 14.4 Å². The zero-order valence-electron chi connectivity index (χ0n) is 14.6. The normalized spacial score (nSPS) is 30.6. The van der Waals surface area contributed by atoms with E-state index in [1.807, 2.05) is 6.92 Å². The van der Waals surface area contributed by atoms with Crippen molar-refractivity contribution >= 4 is 17.7 Å². The number of aryl methyl sites for hydroxylation is 2. The van der Waals surface area contributed by atoms with E-state index in [0.717, 1.165) is 12.8 Å². The topological polar surface area (TPSA) is 87.8 Å². The summed E-state index contributed by atoms with van der Waals surface area (Å²) in [5.74, 6) is 0.0226. The number of carbonyl (C=O) groups excluding carboxylic acids is 2. The maximum absolute atomic E-state index is 13.4. The third kappa shape index (κ3) is 2.06. The SMILES string of the molecule is CC[C@@]1(C(=O)O)C[C@@H]2CC[C@H]1N2C(=O)c1c(C)oc2c1C(=O)CCC2. The van der Waals surface area contributed by atoms with Crippen LogP contribution in [0.15, 0.2) is 4.42 Å². The maximum Gasteiger partial charge on any atom is 0.311 e. The first-order valence-corrected chi connectivity index (χ1v) is 9.12. The lowest BCUT2D eigenvalue weighted by Gasteiger charge is -2.32. The average Bonchev–Trinajstić information content (AvgIpc) is 3.23. The Morgan fingerprint density at radius 1 is 1.32 bits per heavy atom. The highest BCUT2D eigenvalue weighted by molar-refractivity contribution is 6.10. The van der Waals surface area contributed by atoms with Crippen LogP contribution in [0.2, 0.25) is 0 Å². The molecular formula is C19H23NO5. The second-order valence-electron chi connectivity index (χ2n) is 7.59. The van der Waals surface area contributed by atoms with Crippen molar-refractivity contribution < 1.29 is 23.9 Å². The number of amides is 1. The molecule has 2 bridgehead atoms. The molecule has 2 fully saturated rings. The summed E-state index contributed by atoms with van der Waals surface area (Å²) in [6, 6.07) is -0.353. The number of nitrogens with zero attached hydrogens (tertiary/aromatic N) is 1. The van der Waals surface area contributed by atoms with Gasteiger partial charge in [0.25, 0.3) is 5.91 Å².